The Balaban J connectivity index is 2.09. The molecule has 0 spiro atoms. The maximum atomic E-state index is 12.8. The summed E-state index contributed by atoms with van der Waals surface area (Å²) in [4.78, 5) is 13.1. The van der Waals surface area contributed by atoms with E-state index in [1.165, 1.54) is 0 Å². The molecule has 0 aliphatic carbocycles. The van der Waals surface area contributed by atoms with E-state index in [0.717, 1.165) is 19.3 Å². The number of rotatable bonds is 5. The summed E-state index contributed by atoms with van der Waals surface area (Å²) in [6, 6.07) is 0. The Morgan fingerprint density at radius 1 is 1.43 bits per heavy atom. The third-order valence-corrected chi connectivity index (χ3v) is 2.58. The Morgan fingerprint density at radius 2 is 2.21 bits per heavy atom. The Morgan fingerprint density at radius 3 is 2.79 bits per heavy atom. The number of alkyl halides is 1. The third kappa shape index (κ3) is 3.62. The summed E-state index contributed by atoms with van der Waals surface area (Å²) in [6.45, 7) is 1.58. The van der Waals surface area contributed by atoms with Gasteiger partial charge in [0.1, 0.15) is 6.17 Å². The molecule has 0 radical (unpaired) electrons. The number of hydrogen-bond acceptors (Lipinski definition) is 2. The largest absolute Gasteiger partial charge is 0.340 e. The van der Waals surface area contributed by atoms with Crippen LogP contribution < -0.4 is 5.73 Å². The second-order valence-corrected chi connectivity index (χ2v) is 3.83. The number of nitrogens with two attached hydrogens (primary N) is 1. The molecule has 4 heteroatoms. The third-order valence-electron chi connectivity index (χ3n) is 2.58. The molecule has 1 aliphatic heterocycles. The second kappa shape index (κ2) is 5.96. The summed E-state index contributed by atoms with van der Waals surface area (Å²) in [5, 5.41) is 0. The minimum atomic E-state index is -0.803. The van der Waals surface area contributed by atoms with E-state index in [2.05, 4.69) is 0 Å². The predicted octanol–water partition coefficient (Wildman–Crippen LogP) is 1.08. The highest BCUT2D eigenvalue weighted by atomic mass is 19.1. The molecule has 82 valence electrons. The molecule has 1 aliphatic rings. The number of amides is 1. The number of halogens is 1. The van der Waals surface area contributed by atoms with Gasteiger partial charge in [-0.05, 0) is 25.8 Å². The van der Waals surface area contributed by atoms with Crippen molar-refractivity contribution in [2.45, 2.75) is 38.3 Å². The van der Waals surface area contributed by atoms with E-state index in [9.17, 15) is 9.18 Å². The molecule has 0 saturated carbocycles. The standard InChI is InChI=1S/C10H19FN2O/c11-9-5-7-13(8-9)10(14)4-2-1-3-6-12/h9H,1-8,12H2. The molecule has 0 aromatic heterocycles. The van der Waals surface area contributed by atoms with Gasteiger partial charge in [-0.25, -0.2) is 4.39 Å². The lowest BCUT2D eigenvalue weighted by atomic mass is 10.2. The van der Waals surface area contributed by atoms with E-state index in [0.29, 0.717) is 32.5 Å². The van der Waals surface area contributed by atoms with Crippen molar-refractivity contribution < 1.29 is 9.18 Å². The normalized spacial score (nSPS) is 21.6. The minimum absolute atomic E-state index is 0.0992. The van der Waals surface area contributed by atoms with E-state index in [-0.39, 0.29) is 5.91 Å². The number of hydrogen-bond donors (Lipinski definition) is 1. The van der Waals surface area contributed by atoms with Gasteiger partial charge in [-0.2, -0.15) is 0 Å². The molecule has 1 fully saturated rings. The van der Waals surface area contributed by atoms with E-state index in [1.807, 2.05) is 0 Å². The molecule has 1 unspecified atom stereocenters. The van der Waals surface area contributed by atoms with Crippen LogP contribution in [0, 0.1) is 0 Å². The van der Waals surface area contributed by atoms with Gasteiger partial charge in [0.25, 0.3) is 0 Å². The average molecular weight is 202 g/mol. The molecular weight excluding hydrogens is 183 g/mol. The van der Waals surface area contributed by atoms with Crippen LogP contribution >= 0.6 is 0 Å². The lowest BCUT2D eigenvalue weighted by Crippen LogP contribution is -2.28. The molecule has 0 bridgehead atoms. The molecule has 2 N–H and O–H groups in total. The Kier molecular flexibility index (Phi) is 4.87. The molecule has 1 atom stereocenters. The fourth-order valence-corrected chi connectivity index (χ4v) is 1.70. The summed E-state index contributed by atoms with van der Waals surface area (Å²) in [5.41, 5.74) is 5.34. The van der Waals surface area contributed by atoms with E-state index < -0.39 is 6.17 Å². The van der Waals surface area contributed by atoms with Crippen molar-refractivity contribution in [3.05, 3.63) is 0 Å². The van der Waals surface area contributed by atoms with Crippen LogP contribution in [-0.4, -0.2) is 36.6 Å². The van der Waals surface area contributed by atoms with Gasteiger partial charge >= 0.3 is 0 Å². The van der Waals surface area contributed by atoms with Crippen LogP contribution in [0.25, 0.3) is 0 Å². The molecule has 0 aromatic rings. The monoisotopic (exact) mass is 202 g/mol. The SMILES string of the molecule is NCCCCCC(=O)N1CCC(F)C1. The van der Waals surface area contributed by atoms with E-state index in [1.54, 1.807) is 4.90 Å². The van der Waals surface area contributed by atoms with Gasteiger partial charge in [0, 0.05) is 13.0 Å². The van der Waals surface area contributed by atoms with Gasteiger partial charge in [0.15, 0.2) is 0 Å². The molecule has 0 aromatic carbocycles. The zero-order valence-corrected chi connectivity index (χ0v) is 8.54. The number of carbonyl (C=O) groups is 1. The van der Waals surface area contributed by atoms with E-state index in [4.69, 9.17) is 5.73 Å². The van der Waals surface area contributed by atoms with Crippen LogP contribution in [0.2, 0.25) is 0 Å². The lowest BCUT2D eigenvalue weighted by Gasteiger charge is -2.14. The van der Waals surface area contributed by atoms with Crippen molar-refractivity contribution in [1.29, 1.82) is 0 Å². The maximum Gasteiger partial charge on any atom is 0.222 e. The number of unbranched alkanes of at least 4 members (excludes halogenated alkanes) is 2. The fraction of sp³-hybridized carbons (Fsp3) is 0.900. The van der Waals surface area contributed by atoms with Crippen molar-refractivity contribution in [2.75, 3.05) is 19.6 Å². The van der Waals surface area contributed by atoms with Gasteiger partial charge in [0.2, 0.25) is 5.91 Å². The summed E-state index contributed by atoms with van der Waals surface area (Å²) < 4.78 is 12.8. The first-order valence-corrected chi connectivity index (χ1v) is 5.36. The van der Waals surface area contributed by atoms with Crippen LogP contribution in [0.4, 0.5) is 4.39 Å². The number of nitrogens with zero attached hydrogens (tertiary/aromatic N) is 1. The average Bonchev–Trinajstić information content (AvgIpc) is 2.59. The van der Waals surface area contributed by atoms with Gasteiger partial charge in [-0.1, -0.05) is 6.42 Å². The molecule has 1 rings (SSSR count). The predicted molar refractivity (Wildman–Crippen MR) is 53.6 cm³/mol. The molecule has 3 nitrogen and oxygen atoms in total. The topological polar surface area (TPSA) is 46.3 Å². The van der Waals surface area contributed by atoms with Gasteiger partial charge < -0.3 is 10.6 Å². The van der Waals surface area contributed by atoms with Crippen LogP contribution in [0.15, 0.2) is 0 Å². The maximum absolute atomic E-state index is 12.8. The van der Waals surface area contributed by atoms with Gasteiger partial charge in [-0.3, -0.25) is 4.79 Å². The van der Waals surface area contributed by atoms with Crippen molar-refractivity contribution in [2.24, 2.45) is 5.73 Å². The van der Waals surface area contributed by atoms with Crippen molar-refractivity contribution in [3.63, 3.8) is 0 Å². The summed E-state index contributed by atoms with van der Waals surface area (Å²) in [6.07, 6.45) is 3.10. The second-order valence-electron chi connectivity index (χ2n) is 3.83. The first-order chi connectivity index (χ1) is 6.74. The molecule has 14 heavy (non-hydrogen) atoms. The Labute approximate surface area is 84.4 Å². The Hall–Kier alpha value is -0.640. The van der Waals surface area contributed by atoms with Gasteiger partial charge in [-0.15, -0.1) is 0 Å². The van der Waals surface area contributed by atoms with Crippen LogP contribution in [-0.2, 0) is 4.79 Å². The molecule has 1 saturated heterocycles. The van der Waals surface area contributed by atoms with Crippen LogP contribution in [0.1, 0.15) is 32.1 Å². The summed E-state index contributed by atoms with van der Waals surface area (Å²) in [7, 11) is 0. The van der Waals surface area contributed by atoms with Gasteiger partial charge in [0.05, 0.1) is 6.54 Å². The quantitative estimate of drug-likeness (QED) is 0.678. The highest BCUT2D eigenvalue weighted by Crippen LogP contribution is 2.14. The van der Waals surface area contributed by atoms with Crippen molar-refractivity contribution >= 4 is 5.91 Å². The van der Waals surface area contributed by atoms with Crippen molar-refractivity contribution in [3.8, 4) is 0 Å². The first kappa shape index (κ1) is 11.4. The van der Waals surface area contributed by atoms with Crippen molar-refractivity contribution in [1.82, 2.24) is 4.90 Å². The molecule has 1 heterocycles. The smallest absolute Gasteiger partial charge is 0.222 e. The highest BCUT2D eigenvalue weighted by molar-refractivity contribution is 5.76. The van der Waals surface area contributed by atoms with Crippen LogP contribution in [0.5, 0.6) is 0 Å². The lowest BCUT2D eigenvalue weighted by molar-refractivity contribution is -0.130. The number of carbonyl (C=O) groups excluding carboxylic acids is 1. The van der Waals surface area contributed by atoms with E-state index >= 15 is 0 Å². The summed E-state index contributed by atoms with van der Waals surface area (Å²) in [5.74, 6) is 0.0992. The zero-order valence-electron chi connectivity index (χ0n) is 8.54. The summed E-state index contributed by atoms with van der Waals surface area (Å²) >= 11 is 0. The first-order valence-electron chi connectivity index (χ1n) is 5.36. The Bertz CT molecular complexity index is 187. The molecule has 1 amide bonds. The fourth-order valence-electron chi connectivity index (χ4n) is 1.70. The number of likely N-dealkylation sites (tertiary alicyclic amines) is 1. The zero-order chi connectivity index (χ0) is 10.4. The molecular formula is C10H19FN2O. The highest BCUT2D eigenvalue weighted by Gasteiger charge is 2.24. The minimum Gasteiger partial charge on any atom is -0.340 e. The van der Waals surface area contributed by atoms with Crippen LogP contribution in [0.3, 0.4) is 0 Å².